The number of amides is 2. The molecule has 0 radical (unpaired) electrons. The van der Waals surface area contributed by atoms with Gasteiger partial charge in [0, 0.05) is 24.3 Å². The second-order valence-electron chi connectivity index (χ2n) is 5.69. The van der Waals surface area contributed by atoms with E-state index in [1.165, 1.54) is 6.26 Å². The highest BCUT2D eigenvalue weighted by molar-refractivity contribution is 8.13. The van der Waals surface area contributed by atoms with E-state index in [0.717, 1.165) is 60.3 Å². The monoisotopic (exact) mass is 476 g/mol. The fourth-order valence-electron chi connectivity index (χ4n) is 2.06. The Morgan fingerprint density at radius 1 is 0.818 bits per heavy atom. The quantitative estimate of drug-likeness (QED) is 0.170. The van der Waals surface area contributed by atoms with Gasteiger partial charge in [-0.2, -0.15) is 4.99 Å². The van der Waals surface area contributed by atoms with Crippen molar-refractivity contribution in [1.82, 2.24) is 5.32 Å². The highest BCUT2D eigenvalue weighted by Crippen LogP contribution is 2.14. The second kappa shape index (κ2) is 11.1. The normalized spacial score (nSPS) is 10.6. The maximum atomic E-state index is 11.9. The molecule has 0 unspecified atom stereocenters. The number of rotatable bonds is 4. The third-order valence-electron chi connectivity index (χ3n) is 3.59. The fraction of sp³-hybridized carbons (Fsp3) is 0.0556. The molecule has 0 bridgehead atoms. The number of alkyl carbamates (subject to hydrolysis) is 1. The molecule has 0 heterocycles. The predicted octanol–water partition coefficient (Wildman–Crippen LogP) is 3.07. The lowest BCUT2D eigenvalue weighted by Crippen LogP contribution is -2.31. The summed E-state index contributed by atoms with van der Waals surface area (Å²) in [6.45, 7) is 0. The number of thioether (sulfide) groups is 1. The van der Waals surface area contributed by atoms with Crippen LogP contribution in [0.15, 0.2) is 53.5 Å². The van der Waals surface area contributed by atoms with Crippen LogP contribution >= 0.6 is 11.8 Å². The number of carbonyl (C=O) groups is 4. The molecule has 0 aliphatic rings. The van der Waals surface area contributed by atoms with Gasteiger partial charge < -0.3 is 9.47 Å². The number of hydrogen-bond acceptors (Lipinski definition) is 11. The maximum Gasteiger partial charge on any atom is 0.444 e. The summed E-state index contributed by atoms with van der Waals surface area (Å²) in [7, 11) is 0. The molecule has 15 heteroatoms. The number of ether oxygens (including phenoxy) is 2. The molecule has 2 aromatic rings. The zero-order valence-corrected chi connectivity index (χ0v) is 17.3. The molecular weight excluding hydrogens is 464 g/mol. The van der Waals surface area contributed by atoms with Crippen LogP contribution in [-0.4, -0.2) is 45.4 Å². The molecule has 170 valence electrons. The van der Waals surface area contributed by atoms with Crippen molar-refractivity contribution >= 4 is 52.4 Å². The Balaban J connectivity index is 1.95. The van der Waals surface area contributed by atoms with E-state index in [9.17, 15) is 39.4 Å². The lowest BCUT2D eigenvalue weighted by atomic mass is 10.2. The van der Waals surface area contributed by atoms with Crippen LogP contribution in [0.5, 0.6) is 0 Å². The van der Waals surface area contributed by atoms with Crippen LogP contribution in [0.25, 0.3) is 0 Å². The lowest BCUT2D eigenvalue weighted by molar-refractivity contribution is -0.385. The summed E-state index contributed by atoms with van der Waals surface area (Å²) in [5, 5.41) is 22.8. The summed E-state index contributed by atoms with van der Waals surface area (Å²) in [6.07, 6.45) is -1.33. The Morgan fingerprint density at radius 2 is 1.24 bits per heavy atom. The highest BCUT2D eigenvalue weighted by Gasteiger charge is 2.18. The first-order valence-corrected chi connectivity index (χ1v) is 9.74. The zero-order valence-electron chi connectivity index (χ0n) is 16.5. The Morgan fingerprint density at radius 3 is 1.64 bits per heavy atom. The number of benzene rings is 2. The first-order chi connectivity index (χ1) is 15.6. The van der Waals surface area contributed by atoms with Gasteiger partial charge in [0.15, 0.2) is 5.17 Å². The first kappa shape index (κ1) is 24.6. The van der Waals surface area contributed by atoms with Crippen LogP contribution in [0.4, 0.5) is 21.0 Å². The van der Waals surface area contributed by atoms with Crippen LogP contribution in [0, 0.1) is 20.2 Å². The SMILES string of the molecule is CSC(=NC(=O)OC(=O)c1ccc([N+](=O)[O-])cc1)NC(=O)OC(=O)c1ccc([N+](=O)[O-])cc1. The van der Waals surface area contributed by atoms with Crippen LogP contribution in [0.2, 0.25) is 0 Å². The number of aliphatic imine (C=N–C) groups is 1. The van der Waals surface area contributed by atoms with E-state index in [1.807, 2.05) is 5.32 Å². The number of nitro groups is 2. The summed E-state index contributed by atoms with van der Waals surface area (Å²) < 4.78 is 8.97. The third kappa shape index (κ3) is 7.21. The number of nitrogens with zero attached hydrogens (tertiary/aromatic N) is 3. The molecule has 0 spiro atoms. The standard InChI is InChI=1S/C18H12N4O10S/c1-33-16(19-17(25)31-14(23)10-2-6-12(7-3-10)21(27)28)20-18(26)32-15(24)11-4-8-13(9-5-11)22(29)30/h2-9H,1H3,(H,19,20,25,26). The Kier molecular flexibility index (Phi) is 8.28. The molecule has 2 aromatic carbocycles. The molecule has 0 fully saturated rings. The van der Waals surface area contributed by atoms with Gasteiger partial charge in [-0.15, -0.1) is 0 Å². The van der Waals surface area contributed by atoms with Gasteiger partial charge in [0.05, 0.1) is 21.0 Å². The van der Waals surface area contributed by atoms with Crippen LogP contribution in [0.3, 0.4) is 0 Å². The summed E-state index contributed by atoms with van der Waals surface area (Å²) in [4.78, 5) is 70.7. The minimum Gasteiger partial charge on any atom is -0.372 e. The Bertz CT molecular complexity index is 1150. The predicted molar refractivity (Wildman–Crippen MR) is 112 cm³/mol. The molecule has 0 aromatic heterocycles. The summed E-state index contributed by atoms with van der Waals surface area (Å²) in [5.41, 5.74) is -0.844. The van der Waals surface area contributed by atoms with Crippen molar-refractivity contribution in [2.75, 3.05) is 6.26 Å². The van der Waals surface area contributed by atoms with E-state index in [0.29, 0.717) is 0 Å². The van der Waals surface area contributed by atoms with Gasteiger partial charge in [-0.05, 0) is 30.5 Å². The van der Waals surface area contributed by atoms with Gasteiger partial charge in [-0.3, -0.25) is 25.5 Å². The fourth-order valence-corrected chi connectivity index (χ4v) is 2.41. The highest BCUT2D eigenvalue weighted by atomic mass is 32.2. The number of hydrogen-bond donors (Lipinski definition) is 1. The molecule has 33 heavy (non-hydrogen) atoms. The molecule has 2 amide bonds. The van der Waals surface area contributed by atoms with Crippen LogP contribution in [-0.2, 0) is 9.47 Å². The number of nitrogens with one attached hydrogen (secondary N) is 1. The molecule has 0 saturated heterocycles. The molecule has 0 atom stereocenters. The van der Waals surface area contributed by atoms with Crippen LogP contribution < -0.4 is 5.32 Å². The van der Waals surface area contributed by atoms with Gasteiger partial charge >= 0.3 is 24.1 Å². The van der Waals surface area contributed by atoms with Gasteiger partial charge in [0.2, 0.25) is 0 Å². The molecule has 0 aliphatic carbocycles. The van der Waals surface area contributed by atoms with Crippen molar-refractivity contribution in [2.24, 2.45) is 4.99 Å². The van der Waals surface area contributed by atoms with Gasteiger partial charge in [0.25, 0.3) is 11.4 Å². The van der Waals surface area contributed by atoms with E-state index >= 15 is 0 Å². The van der Waals surface area contributed by atoms with Crippen molar-refractivity contribution in [3.8, 4) is 0 Å². The summed E-state index contributed by atoms with van der Waals surface area (Å²) in [5.74, 6) is -2.27. The summed E-state index contributed by atoms with van der Waals surface area (Å²) >= 11 is 0.747. The number of carbonyl (C=O) groups excluding carboxylic acids is 4. The molecule has 1 N–H and O–H groups in total. The lowest BCUT2D eigenvalue weighted by Gasteiger charge is -2.06. The minimum atomic E-state index is -1.41. The number of esters is 2. The molecular formula is C18H12N4O10S. The Hall–Kier alpha value is -4.66. The molecule has 0 aliphatic heterocycles. The second-order valence-corrected chi connectivity index (χ2v) is 6.48. The van der Waals surface area contributed by atoms with Crippen molar-refractivity contribution in [3.63, 3.8) is 0 Å². The van der Waals surface area contributed by atoms with E-state index in [-0.39, 0.29) is 27.7 Å². The van der Waals surface area contributed by atoms with E-state index in [4.69, 9.17) is 0 Å². The van der Waals surface area contributed by atoms with Crippen LogP contribution in [0.1, 0.15) is 20.7 Å². The molecule has 0 saturated carbocycles. The number of nitro benzene ring substituents is 2. The van der Waals surface area contributed by atoms with Crippen molar-refractivity contribution in [2.45, 2.75) is 0 Å². The largest absolute Gasteiger partial charge is 0.444 e. The van der Waals surface area contributed by atoms with Crippen molar-refractivity contribution < 1.29 is 38.5 Å². The Labute approximate surface area is 187 Å². The zero-order chi connectivity index (χ0) is 24.5. The molecule has 14 nitrogen and oxygen atoms in total. The average Bonchev–Trinajstić information content (AvgIpc) is 2.78. The van der Waals surface area contributed by atoms with E-state index in [2.05, 4.69) is 14.5 Å². The smallest absolute Gasteiger partial charge is 0.372 e. The van der Waals surface area contributed by atoms with Gasteiger partial charge in [-0.25, -0.2) is 19.2 Å². The van der Waals surface area contributed by atoms with E-state index in [1.54, 1.807) is 0 Å². The third-order valence-corrected chi connectivity index (χ3v) is 4.17. The maximum absolute atomic E-state index is 11.9. The van der Waals surface area contributed by atoms with Gasteiger partial charge in [-0.1, -0.05) is 11.8 Å². The summed E-state index contributed by atoms with van der Waals surface area (Å²) in [6, 6.07) is 8.48. The molecule has 2 rings (SSSR count). The average molecular weight is 476 g/mol. The topological polar surface area (TPSA) is 197 Å². The first-order valence-electron chi connectivity index (χ1n) is 8.51. The number of amidine groups is 1. The van der Waals surface area contributed by atoms with Crippen molar-refractivity contribution in [1.29, 1.82) is 0 Å². The van der Waals surface area contributed by atoms with E-state index < -0.39 is 34.0 Å². The number of non-ortho nitro benzene ring substituents is 2. The van der Waals surface area contributed by atoms with Crippen molar-refractivity contribution in [3.05, 3.63) is 79.9 Å². The van der Waals surface area contributed by atoms with Gasteiger partial charge in [0.1, 0.15) is 0 Å². The minimum absolute atomic E-state index is 0.147.